The van der Waals surface area contributed by atoms with Gasteiger partial charge in [-0.05, 0) is 31.8 Å². The molecule has 0 bridgehead atoms. The van der Waals surface area contributed by atoms with Gasteiger partial charge >= 0.3 is 0 Å². The molecule has 3 N–H and O–H groups in total. The van der Waals surface area contributed by atoms with Crippen molar-refractivity contribution < 1.29 is 9.18 Å². The molecular weight excluding hydrogens is 407 g/mol. The second-order valence-corrected chi connectivity index (χ2v) is 9.08. The van der Waals surface area contributed by atoms with E-state index in [2.05, 4.69) is 25.9 Å². The quantitative estimate of drug-likeness (QED) is 0.681. The minimum atomic E-state index is -0.506. The van der Waals surface area contributed by atoms with E-state index in [4.69, 9.17) is 11.6 Å². The molecule has 4 heterocycles. The Hall–Kier alpha value is -2.61. The van der Waals surface area contributed by atoms with Crippen LogP contribution >= 0.6 is 11.6 Å². The molecule has 0 spiro atoms. The number of hydrogen-bond acceptors (Lipinski definition) is 6. The predicted octanol–water partition coefficient (Wildman–Crippen LogP) is 2.70. The highest BCUT2D eigenvalue weighted by Gasteiger charge is 2.47. The average Bonchev–Trinajstić information content (AvgIpc) is 3.36. The first kappa shape index (κ1) is 19.4. The van der Waals surface area contributed by atoms with Crippen molar-refractivity contribution in [2.24, 2.45) is 5.41 Å². The van der Waals surface area contributed by atoms with Crippen LogP contribution in [-0.2, 0) is 4.79 Å². The molecule has 1 saturated carbocycles. The van der Waals surface area contributed by atoms with Crippen LogP contribution in [0.3, 0.4) is 0 Å². The molecule has 5 rings (SSSR count). The first-order chi connectivity index (χ1) is 14.4. The van der Waals surface area contributed by atoms with E-state index in [1.165, 1.54) is 6.20 Å². The molecule has 1 aliphatic carbocycles. The highest BCUT2D eigenvalue weighted by atomic mass is 35.5. The summed E-state index contributed by atoms with van der Waals surface area (Å²) in [6.07, 6.45) is 10.1. The summed E-state index contributed by atoms with van der Waals surface area (Å²) in [5.74, 6) is 0.288. The Morgan fingerprint density at radius 3 is 2.97 bits per heavy atom. The average molecular weight is 431 g/mol. The van der Waals surface area contributed by atoms with Crippen molar-refractivity contribution in [1.29, 1.82) is 0 Å². The maximum absolute atomic E-state index is 14.5. The summed E-state index contributed by atoms with van der Waals surface area (Å²) in [7, 11) is 0. The van der Waals surface area contributed by atoms with E-state index in [1.807, 2.05) is 17.9 Å². The van der Waals surface area contributed by atoms with Crippen LogP contribution in [0.4, 0.5) is 10.2 Å². The molecule has 1 amide bonds. The third kappa shape index (κ3) is 3.53. The number of dihydropyridines is 1. The molecule has 30 heavy (non-hydrogen) atoms. The highest BCUT2D eigenvalue weighted by Crippen LogP contribution is 2.46. The van der Waals surface area contributed by atoms with Gasteiger partial charge in [0.25, 0.3) is 0 Å². The zero-order valence-corrected chi connectivity index (χ0v) is 17.5. The van der Waals surface area contributed by atoms with Crippen LogP contribution in [0.1, 0.15) is 38.4 Å². The van der Waals surface area contributed by atoms with Crippen molar-refractivity contribution in [2.75, 3.05) is 18.4 Å². The second kappa shape index (κ2) is 7.27. The number of piperidine rings is 1. The number of nitrogens with one attached hydrogen (secondary N) is 3. The summed E-state index contributed by atoms with van der Waals surface area (Å²) < 4.78 is 14.5. The normalized spacial score (nSPS) is 26.5. The van der Waals surface area contributed by atoms with Gasteiger partial charge in [-0.3, -0.25) is 4.79 Å². The molecule has 0 aromatic carbocycles. The molecule has 7 nitrogen and oxygen atoms in total. The lowest BCUT2D eigenvalue weighted by Gasteiger charge is -2.35. The van der Waals surface area contributed by atoms with E-state index in [1.54, 1.807) is 12.4 Å². The third-order valence-electron chi connectivity index (χ3n) is 6.25. The minimum Gasteiger partial charge on any atom is -0.367 e. The fraction of sp³-hybridized carbons (Fsp3) is 0.476. The van der Waals surface area contributed by atoms with Crippen LogP contribution in [-0.4, -0.2) is 46.1 Å². The third-order valence-corrected chi connectivity index (χ3v) is 6.47. The van der Waals surface area contributed by atoms with Crippen molar-refractivity contribution in [1.82, 2.24) is 25.5 Å². The number of hydrogen-bond donors (Lipinski definition) is 3. The Balaban J connectivity index is 1.33. The fourth-order valence-corrected chi connectivity index (χ4v) is 4.38. The van der Waals surface area contributed by atoms with Crippen LogP contribution in [0.25, 0.3) is 5.57 Å². The van der Waals surface area contributed by atoms with Crippen LogP contribution in [0, 0.1) is 11.2 Å². The SMILES string of the molecule is CC1(C(=O)N2CCC[C@H](Nc3nc(C4=CNC5NC=C(Cl)C=C45)ncc3F)C2)CC1. The van der Waals surface area contributed by atoms with Gasteiger partial charge in [-0.15, -0.1) is 0 Å². The number of anilines is 1. The lowest BCUT2D eigenvalue weighted by atomic mass is 10.0. The van der Waals surface area contributed by atoms with E-state index in [-0.39, 0.29) is 29.3 Å². The number of rotatable bonds is 4. The Morgan fingerprint density at radius 1 is 1.37 bits per heavy atom. The van der Waals surface area contributed by atoms with E-state index in [9.17, 15) is 9.18 Å². The Labute approximate surface area is 179 Å². The van der Waals surface area contributed by atoms with Gasteiger partial charge in [-0.1, -0.05) is 18.5 Å². The van der Waals surface area contributed by atoms with Gasteiger partial charge in [-0.25, -0.2) is 14.4 Å². The second-order valence-electron chi connectivity index (χ2n) is 8.64. The summed E-state index contributed by atoms with van der Waals surface area (Å²) in [6, 6.07) is -0.0429. The molecule has 9 heteroatoms. The number of amides is 1. The Morgan fingerprint density at radius 2 is 2.17 bits per heavy atom. The van der Waals surface area contributed by atoms with Crippen molar-refractivity contribution in [3.63, 3.8) is 0 Å². The van der Waals surface area contributed by atoms with Crippen LogP contribution in [0.2, 0.25) is 0 Å². The standard InChI is InChI=1S/C21H24ClFN6O/c1-21(4-5-21)20(30)29-6-2-3-13(11-29)27-19-16(23)10-26-18(28-19)15-9-25-17-14(15)7-12(22)8-24-17/h7-10,13,17,24-25H,2-6,11H2,1H3,(H,26,27,28)/t13-,17?/m0/s1. The first-order valence-electron chi connectivity index (χ1n) is 10.3. The molecule has 1 unspecified atom stereocenters. The molecule has 1 saturated heterocycles. The van der Waals surface area contributed by atoms with Crippen LogP contribution in [0.5, 0.6) is 0 Å². The molecule has 3 aliphatic heterocycles. The lowest BCUT2D eigenvalue weighted by Crippen LogP contribution is -2.47. The number of halogens is 2. The van der Waals surface area contributed by atoms with E-state index in [0.29, 0.717) is 17.4 Å². The first-order valence-corrected chi connectivity index (χ1v) is 10.7. The fourth-order valence-electron chi connectivity index (χ4n) is 4.20. The molecule has 2 atom stereocenters. The topological polar surface area (TPSA) is 82.2 Å². The number of nitrogens with zero attached hydrogens (tertiary/aromatic N) is 3. The van der Waals surface area contributed by atoms with E-state index >= 15 is 0 Å². The van der Waals surface area contributed by atoms with Gasteiger partial charge < -0.3 is 20.9 Å². The van der Waals surface area contributed by atoms with Gasteiger partial charge in [0.1, 0.15) is 6.17 Å². The summed E-state index contributed by atoms with van der Waals surface area (Å²) in [5.41, 5.74) is 1.49. The van der Waals surface area contributed by atoms with Gasteiger partial charge in [0, 0.05) is 48.1 Å². The zero-order valence-electron chi connectivity index (χ0n) is 16.7. The zero-order chi connectivity index (χ0) is 20.9. The van der Waals surface area contributed by atoms with Gasteiger partial charge in [0.2, 0.25) is 5.91 Å². The Kier molecular flexibility index (Phi) is 4.69. The molecule has 1 aromatic heterocycles. The maximum atomic E-state index is 14.5. The molecule has 0 radical (unpaired) electrons. The number of fused-ring (bicyclic) bond motifs is 1. The molecule has 4 aliphatic rings. The predicted molar refractivity (Wildman–Crippen MR) is 113 cm³/mol. The number of aromatic nitrogens is 2. The highest BCUT2D eigenvalue weighted by molar-refractivity contribution is 6.31. The smallest absolute Gasteiger partial charge is 0.228 e. The van der Waals surface area contributed by atoms with E-state index < -0.39 is 5.82 Å². The van der Waals surface area contributed by atoms with Crippen molar-refractivity contribution in [3.8, 4) is 0 Å². The van der Waals surface area contributed by atoms with Gasteiger partial charge in [0.05, 0.1) is 11.2 Å². The van der Waals surface area contributed by atoms with Crippen LogP contribution < -0.4 is 16.0 Å². The van der Waals surface area contributed by atoms with Crippen molar-refractivity contribution >= 4 is 28.9 Å². The summed E-state index contributed by atoms with van der Waals surface area (Å²) in [4.78, 5) is 23.2. The molecule has 1 aromatic rings. The molecule has 2 fully saturated rings. The Bertz CT molecular complexity index is 986. The summed E-state index contributed by atoms with van der Waals surface area (Å²) in [5, 5.41) is 10.1. The number of carbonyl (C=O) groups excluding carboxylic acids is 1. The van der Waals surface area contributed by atoms with Crippen LogP contribution in [0.15, 0.2) is 35.3 Å². The lowest BCUT2D eigenvalue weighted by molar-refractivity contribution is -0.137. The maximum Gasteiger partial charge on any atom is 0.228 e. The minimum absolute atomic E-state index is 0.0429. The van der Waals surface area contributed by atoms with Gasteiger partial charge in [-0.2, -0.15) is 0 Å². The number of likely N-dealkylation sites (tertiary alicyclic amines) is 1. The number of allylic oxidation sites excluding steroid dienone is 2. The monoisotopic (exact) mass is 430 g/mol. The van der Waals surface area contributed by atoms with Crippen molar-refractivity contribution in [2.45, 2.75) is 44.8 Å². The van der Waals surface area contributed by atoms with Crippen molar-refractivity contribution in [3.05, 3.63) is 46.9 Å². The summed E-state index contributed by atoms with van der Waals surface area (Å²) in [6.45, 7) is 3.35. The molecular formula is C21H24ClFN6O. The van der Waals surface area contributed by atoms with E-state index in [0.717, 1.165) is 43.4 Å². The summed E-state index contributed by atoms with van der Waals surface area (Å²) >= 11 is 6.12. The molecule has 158 valence electrons. The number of carbonyl (C=O) groups is 1. The van der Waals surface area contributed by atoms with Gasteiger partial charge in [0.15, 0.2) is 17.5 Å². The largest absolute Gasteiger partial charge is 0.367 e.